The molecule has 0 aliphatic rings. The summed E-state index contributed by atoms with van der Waals surface area (Å²) < 4.78 is 0.997. The minimum Gasteiger partial charge on any atom is -0.373 e. The molecule has 2 heterocycles. The zero-order chi connectivity index (χ0) is 13.0. The first-order valence-electron chi connectivity index (χ1n) is 5.44. The molecule has 18 heavy (non-hydrogen) atoms. The van der Waals surface area contributed by atoms with Gasteiger partial charge in [-0.1, -0.05) is 11.8 Å². The zero-order valence-corrected chi connectivity index (χ0v) is 12.5. The van der Waals surface area contributed by atoms with Crippen molar-refractivity contribution in [3.63, 3.8) is 0 Å². The van der Waals surface area contributed by atoms with Crippen LogP contribution in [0.2, 0.25) is 0 Å². The number of halogens is 1. The molecule has 0 aliphatic heterocycles. The molecule has 0 radical (unpaired) electrons. The highest BCUT2D eigenvalue weighted by molar-refractivity contribution is 9.10. The van der Waals surface area contributed by atoms with Gasteiger partial charge in [-0.05, 0) is 35.0 Å². The molecule has 0 spiro atoms. The number of nitrogens with zero attached hydrogens (tertiary/aromatic N) is 3. The van der Waals surface area contributed by atoms with E-state index in [1.165, 1.54) is 0 Å². The van der Waals surface area contributed by atoms with Crippen molar-refractivity contribution in [1.29, 1.82) is 0 Å². The summed E-state index contributed by atoms with van der Waals surface area (Å²) in [4.78, 5) is 13.1. The van der Waals surface area contributed by atoms with E-state index in [1.54, 1.807) is 18.0 Å². The Kier molecular flexibility index (Phi) is 4.54. The van der Waals surface area contributed by atoms with Gasteiger partial charge in [0.15, 0.2) is 0 Å². The molecule has 0 atom stereocenters. The van der Waals surface area contributed by atoms with Crippen molar-refractivity contribution in [1.82, 2.24) is 15.0 Å². The predicted molar refractivity (Wildman–Crippen MR) is 77.8 cm³/mol. The van der Waals surface area contributed by atoms with Crippen LogP contribution in [0.3, 0.4) is 0 Å². The van der Waals surface area contributed by atoms with Crippen molar-refractivity contribution >= 4 is 33.5 Å². The third kappa shape index (κ3) is 3.43. The van der Waals surface area contributed by atoms with Gasteiger partial charge >= 0.3 is 0 Å². The molecule has 0 amide bonds. The van der Waals surface area contributed by atoms with Gasteiger partial charge < -0.3 is 5.32 Å². The van der Waals surface area contributed by atoms with Crippen LogP contribution in [0.4, 0.5) is 5.82 Å². The van der Waals surface area contributed by atoms with E-state index in [0.29, 0.717) is 5.75 Å². The summed E-state index contributed by atoms with van der Waals surface area (Å²) in [6.45, 7) is 1.97. The van der Waals surface area contributed by atoms with Crippen LogP contribution in [0.15, 0.2) is 33.9 Å². The number of nitrogens with one attached hydrogen (secondary N) is 1. The Morgan fingerprint density at radius 3 is 2.94 bits per heavy atom. The lowest BCUT2D eigenvalue weighted by Crippen LogP contribution is -2.00. The third-order valence-corrected chi connectivity index (χ3v) is 4.12. The molecule has 2 aromatic rings. The maximum absolute atomic E-state index is 4.41. The van der Waals surface area contributed by atoms with Gasteiger partial charge in [0.2, 0.25) is 0 Å². The van der Waals surface area contributed by atoms with Gasteiger partial charge in [-0.3, -0.25) is 0 Å². The monoisotopic (exact) mass is 324 g/mol. The Morgan fingerprint density at radius 2 is 2.22 bits per heavy atom. The van der Waals surface area contributed by atoms with Crippen LogP contribution in [0.5, 0.6) is 0 Å². The largest absolute Gasteiger partial charge is 0.373 e. The van der Waals surface area contributed by atoms with E-state index < -0.39 is 0 Å². The normalized spacial score (nSPS) is 10.4. The van der Waals surface area contributed by atoms with Gasteiger partial charge in [0.25, 0.3) is 0 Å². The topological polar surface area (TPSA) is 50.7 Å². The van der Waals surface area contributed by atoms with Gasteiger partial charge in [-0.25, -0.2) is 15.0 Å². The van der Waals surface area contributed by atoms with Crippen molar-refractivity contribution in [2.75, 3.05) is 12.4 Å². The van der Waals surface area contributed by atoms with Gasteiger partial charge in [0, 0.05) is 29.5 Å². The average Bonchev–Trinajstić information content (AvgIpc) is 2.37. The van der Waals surface area contributed by atoms with E-state index in [-0.39, 0.29) is 0 Å². The van der Waals surface area contributed by atoms with E-state index in [1.807, 2.05) is 32.2 Å². The number of thioether (sulfide) groups is 1. The molecule has 0 fully saturated rings. The second-order valence-corrected chi connectivity index (χ2v) is 5.46. The van der Waals surface area contributed by atoms with Crippen molar-refractivity contribution in [3.8, 4) is 0 Å². The van der Waals surface area contributed by atoms with Crippen molar-refractivity contribution < 1.29 is 0 Å². The van der Waals surface area contributed by atoms with Crippen molar-refractivity contribution in [3.05, 3.63) is 40.4 Å². The summed E-state index contributed by atoms with van der Waals surface area (Å²) in [6, 6.07) is 5.80. The second kappa shape index (κ2) is 6.15. The fourth-order valence-electron chi connectivity index (χ4n) is 1.43. The highest BCUT2D eigenvalue weighted by Crippen LogP contribution is 2.26. The number of rotatable bonds is 4. The number of pyridine rings is 1. The number of hydrogen-bond donors (Lipinski definition) is 1. The van der Waals surface area contributed by atoms with Crippen LogP contribution in [0, 0.1) is 6.92 Å². The summed E-state index contributed by atoms with van der Waals surface area (Å²) in [5, 5.41) is 3.98. The summed E-state index contributed by atoms with van der Waals surface area (Å²) in [6.07, 6.45) is 1.78. The predicted octanol–water partition coefficient (Wildman–Crippen LogP) is 3.28. The maximum Gasteiger partial charge on any atom is 0.141 e. The Balaban J connectivity index is 2.11. The van der Waals surface area contributed by atoms with Crippen LogP contribution < -0.4 is 5.32 Å². The lowest BCUT2D eigenvalue weighted by molar-refractivity contribution is 0.992. The molecule has 0 saturated carbocycles. The maximum atomic E-state index is 4.41. The summed E-state index contributed by atoms with van der Waals surface area (Å²) in [5.41, 5.74) is 0.963. The van der Waals surface area contributed by atoms with Crippen LogP contribution in [-0.4, -0.2) is 22.0 Å². The Morgan fingerprint density at radius 1 is 1.39 bits per heavy atom. The molecule has 4 nitrogen and oxygen atoms in total. The zero-order valence-electron chi connectivity index (χ0n) is 10.1. The molecule has 0 aromatic carbocycles. The van der Waals surface area contributed by atoms with Crippen LogP contribution in [-0.2, 0) is 5.75 Å². The van der Waals surface area contributed by atoms with Gasteiger partial charge in [-0.15, -0.1) is 0 Å². The van der Waals surface area contributed by atoms with Crippen molar-refractivity contribution in [2.45, 2.75) is 17.7 Å². The quantitative estimate of drug-likeness (QED) is 0.875. The lowest BCUT2D eigenvalue weighted by Gasteiger charge is -2.05. The molecular weight excluding hydrogens is 312 g/mol. The molecule has 0 aliphatic carbocycles. The number of anilines is 1. The molecule has 0 bridgehead atoms. The van der Waals surface area contributed by atoms with Crippen LogP contribution in [0.1, 0.15) is 11.5 Å². The second-order valence-electron chi connectivity index (χ2n) is 3.64. The van der Waals surface area contributed by atoms with Gasteiger partial charge in [-0.2, -0.15) is 0 Å². The highest BCUT2D eigenvalue weighted by atomic mass is 79.9. The molecule has 1 N–H and O–H groups in total. The smallest absolute Gasteiger partial charge is 0.141 e. The minimum absolute atomic E-state index is 0.700. The van der Waals surface area contributed by atoms with E-state index >= 15 is 0 Å². The van der Waals surface area contributed by atoms with E-state index in [9.17, 15) is 0 Å². The Hall–Kier alpha value is -1.14. The van der Waals surface area contributed by atoms with E-state index in [4.69, 9.17) is 0 Å². The minimum atomic E-state index is 0.700. The molecule has 0 unspecified atom stereocenters. The standard InChI is InChI=1S/C12H13BrN4S/c1-8-6-10(14-2)17-11(16-8)7-18-12-9(13)4-3-5-15-12/h3-6H,7H2,1-2H3,(H,14,16,17). The Bertz CT molecular complexity index is 547. The highest BCUT2D eigenvalue weighted by Gasteiger charge is 2.05. The lowest BCUT2D eigenvalue weighted by atomic mass is 10.4. The summed E-state index contributed by atoms with van der Waals surface area (Å²) in [7, 11) is 1.86. The summed E-state index contributed by atoms with van der Waals surface area (Å²) in [5.74, 6) is 2.35. The summed E-state index contributed by atoms with van der Waals surface area (Å²) >= 11 is 5.09. The molecule has 2 rings (SSSR count). The average molecular weight is 325 g/mol. The number of aromatic nitrogens is 3. The molecule has 2 aromatic heterocycles. The fourth-order valence-corrected chi connectivity index (χ4v) is 2.77. The van der Waals surface area contributed by atoms with Crippen molar-refractivity contribution in [2.24, 2.45) is 0 Å². The Labute approximate surface area is 119 Å². The molecule has 6 heteroatoms. The molecular formula is C12H13BrN4S. The van der Waals surface area contributed by atoms with Gasteiger partial charge in [0.1, 0.15) is 16.7 Å². The number of hydrogen-bond acceptors (Lipinski definition) is 5. The van der Waals surface area contributed by atoms with Crippen LogP contribution >= 0.6 is 27.7 Å². The third-order valence-electron chi connectivity index (χ3n) is 2.22. The molecule has 0 saturated heterocycles. The first kappa shape index (κ1) is 13.3. The van der Waals surface area contributed by atoms with Gasteiger partial charge in [0.05, 0.1) is 5.75 Å². The SMILES string of the molecule is CNc1cc(C)nc(CSc2ncccc2Br)n1. The van der Waals surface area contributed by atoms with E-state index in [2.05, 4.69) is 36.2 Å². The van der Waals surface area contributed by atoms with Crippen LogP contribution in [0.25, 0.3) is 0 Å². The first-order valence-corrected chi connectivity index (χ1v) is 7.22. The van der Waals surface area contributed by atoms with E-state index in [0.717, 1.165) is 26.8 Å². The number of aryl methyl sites for hydroxylation is 1. The first-order chi connectivity index (χ1) is 8.69. The fraction of sp³-hybridized carbons (Fsp3) is 0.250. The molecule has 94 valence electrons.